The molecule has 0 aliphatic rings. The minimum Gasteiger partial charge on any atom is -0.310 e. The van der Waals surface area contributed by atoms with Crippen LogP contribution in [0.25, 0.3) is 0 Å². The smallest absolute Gasteiger partial charge is 0.0409 e. The number of benzene rings is 1. The molecule has 0 saturated carbocycles. The Morgan fingerprint density at radius 1 is 1.36 bits per heavy atom. The molecular formula is C12H18ClN. The molecule has 0 aliphatic carbocycles. The third-order valence-corrected chi connectivity index (χ3v) is 2.51. The quantitative estimate of drug-likeness (QED) is 0.782. The van der Waals surface area contributed by atoms with Gasteiger partial charge in [0.05, 0.1) is 0 Å². The first kappa shape index (κ1) is 11.5. The monoisotopic (exact) mass is 211 g/mol. The highest BCUT2D eigenvalue weighted by Gasteiger charge is 2.08. The fraction of sp³-hybridized carbons (Fsp3) is 0.500. The first-order chi connectivity index (χ1) is 6.77. The molecule has 1 aromatic carbocycles. The van der Waals surface area contributed by atoms with Crippen LogP contribution in [0.5, 0.6) is 0 Å². The average Bonchev–Trinajstić information content (AvgIpc) is 2.17. The van der Waals surface area contributed by atoms with Gasteiger partial charge in [0.1, 0.15) is 0 Å². The third-order valence-electron chi connectivity index (χ3n) is 2.28. The summed E-state index contributed by atoms with van der Waals surface area (Å²) in [4.78, 5) is 0. The zero-order valence-electron chi connectivity index (χ0n) is 8.89. The molecule has 78 valence electrons. The first-order valence-corrected chi connectivity index (χ1v) is 5.64. The van der Waals surface area contributed by atoms with Crippen LogP contribution in [0.2, 0.25) is 5.02 Å². The van der Waals surface area contributed by atoms with E-state index in [1.54, 1.807) is 0 Å². The fourth-order valence-corrected chi connectivity index (χ4v) is 1.84. The molecule has 0 heterocycles. The summed E-state index contributed by atoms with van der Waals surface area (Å²) in [5, 5.41) is 4.29. The van der Waals surface area contributed by atoms with Crippen LogP contribution in [-0.4, -0.2) is 6.54 Å². The van der Waals surface area contributed by atoms with Gasteiger partial charge in [-0.05, 0) is 30.7 Å². The van der Waals surface area contributed by atoms with Crippen LogP contribution in [0.3, 0.4) is 0 Å². The molecule has 0 bridgehead atoms. The summed E-state index contributed by atoms with van der Waals surface area (Å²) in [6.07, 6.45) is 2.35. The summed E-state index contributed by atoms with van der Waals surface area (Å²) in [6, 6.07) is 8.56. The van der Waals surface area contributed by atoms with E-state index in [0.717, 1.165) is 18.0 Å². The number of nitrogens with one attached hydrogen (secondary N) is 1. The van der Waals surface area contributed by atoms with E-state index in [1.165, 1.54) is 12.0 Å². The maximum atomic E-state index is 5.96. The van der Waals surface area contributed by atoms with Gasteiger partial charge in [0.15, 0.2) is 0 Å². The Bertz CT molecular complexity index is 267. The largest absolute Gasteiger partial charge is 0.310 e. The Balaban J connectivity index is 2.75. The Morgan fingerprint density at radius 2 is 2.14 bits per heavy atom. The molecule has 1 nitrogen and oxygen atoms in total. The van der Waals surface area contributed by atoms with Crippen molar-refractivity contribution in [1.82, 2.24) is 5.32 Å². The Morgan fingerprint density at radius 3 is 2.71 bits per heavy atom. The summed E-state index contributed by atoms with van der Waals surface area (Å²) in [5.74, 6) is 0. The van der Waals surface area contributed by atoms with Crippen molar-refractivity contribution in [2.45, 2.75) is 32.7 Å². The van der Waals surface area contributed by atoms with Crippen molar-refractivity contribution < 1.29 is 0 Å². The van der Waals surface area contributed by atoms with Crippen molar-refractivity contribution >= 4 is 11.6 Å². The van der Waals surface area contributed by atoms with E-state index >= 15 is 0 Å². The molecule has 0 fully saturated rings. The Kier molecular flexibility index (Phi) is 4.99. The van der Waals surface area contributed by atoms with Gasteiger partial charge < -0.3 is 5.32 Å². The van der Waals surface area contributed by atoms with E-state index in [9.17, 15) is 0 Å². The molecule has 1 rings (SSSR count). The molecule has 0 radical (unpaired) electrons. The molecule has 1 aromatic rings. The SMILES string of the molecule is CCCC(NCC)c1cccc(Cl)c1. The van der Waals surface area contributed by atoms with Gasteiger partial charge in [-0.25, -0.2) is 0 Å². The fourth-order valence-electron chi connectivity index (χ4n) is 1.64. The van der Waals surface area contributed by atoms with Gasteiger partial charge in [0.25, 0.3) is 0 Å². The predicted octanol–water partition coefficient (Wildman–Crippen LogP) is 3.79. The maximum Gasteiger partial charge on any atom is 0.0409 e. The molecule has 2 heteroatoms. The van der Waals surface area contributed by atoms with Gasteiger partial charge in [-0.15, -0.1) is 0 Å². The summed E-state index contributed by atoms with van der Waals surface area (Å²) in [5.41, 5.74) is 1.29. The van der Waals surface area contributed by atoms with Crippen molar-refractivity contribution in [3.63, 3.8) is 0 Å². The summed E-state index contributed by atoms with van der Waals surface area (Å²) >= 11 is 5.96. The topological polar surface area (TPSA) is 12.0 Å². The van der Waals surface area contributed by atoms with Crippen LogP contribution in [0.4, 0.5) is 0 Å². The summed E-state index contributed by atoms with van der Waals surface area (Å²) in [7, 11) is 0. The highest BCUT2D eigenvalue weighted by molar-refractivity contribution is 6.30. The van der Waals surface area contributed by atoms with Gasteiger partial charge >= 0.3 is 0 Å². The number of hydrogen-bond acceptors (Lipinski definition) is 1. The molecule has 0 aliphatic heterocycles. The highest BCUT2D eigenvalue weighted by Crippen LogP contribution is 2.21. The second-order valence-corrected chi connectivity index (χ2v) is 3.89. The molecule has 1 N–H and O–H groups in total. The van der Waals surface area contributed by atoms with Gasteiger partial charge in [-0.2, -0.15) is 0 Å². The van der Waals surface area contributed by atoms with Gasteiger partial charge in [0.2, 0.25) is 0 Å². The Labute approximate surface area is 91.5 Å². The van der Waals surface area contributed by atoms with Crippen LogP contribution in [-0.2, 0) is 0 Å². The molecule has 0 saturated heterocycles. The molecule has 0 amide bonds. The third kappa shape index (κ3) is 3.32. The molecule has 1 atom stereocenters. The van der Waals surface area contributed by atoms with Crippen LogP contribution < -0.4 is 5.32 Å². The van der Waals surface area contributed by atoms with E-state index in [0.29, 0.717) is 6.04 Å². The molecule has 0 spiro atoms. The standard InChI is InChI=1S/C12H18ClN/c1-3-6-12(14-4-2)10-7-5-8-11(13)9-10/h5,7-9,12,14H,3-4,6H2,1-2H3. The number of rotatable bonds is 5. The lowest BCUT2D eigenvalue weighted by atomic mass is 10.0. The number of hydrogen-bond donors (Lipinski definition) is 1. The van der Waals surface area contributed by atoms with Crippen molar-refractivity contribution in [1.29, 1.82) is 0 Å². The van der Waals surface area contributed by atoms with E-state index in [2.05, 4.69) is 25.2 Å². The summed E-state index contributed by atoms with van der Waals surface area (Å²) in [6.45, 7) is 5.33. The Hall–Kier alpha value is -0.530. The first-order valence-electron chi connectivity index (χ1n) is 5.26. The molecule has 0 aromatic heterocycles. The van der Waals surface area contributed by atoms with Crippen LogP contribution in [0.1, 0.15) is 38.3 Å². The normalized spacial score (nSPS) is 12.8. The van der Waals surface area contributed by atoms with E-state index in [4.69, 9.17) is 11.6 Å². The lowest BCUT2D eigenvalue weighted by molar-refractivity contribution is 0.509. The predicted molar refractivity (Wildman–Crippen MR) is 62.8 cm³/mol. The van der Waals surface area contributed by atoms with Crippen LogP contribution in [0, 0.1) is 0 Å². The lowest BCUT2D eigenvalue weighted by Gasteiger charge is -2.17. The van der Waals surface area contributed by atoms with Crippen molar-refractivity contribution in [2.24, 2.45) is 0 Å². The van der Waals surface area contributed by atoms with Gasteiger partial charge in [0, 0.05) is 11.1 Å². The minimum atomic E-state index is 0.448. The minimum absolute atomic E-state index is 0.448. The van der Waals surface area contributed by atoms with E-state index in [1.807, 2.05) is 18.2 Å². The van der Waals surface area contributed by atoms with E-state index in [-0.39, 0.29) is 0 Å². The number of halogens is 1. The second kappa shape index (κ2) is 6.05. The zero-order valence-corrected chi connectivity index (χ0v) is 9.64. The average molecular weight is 212 g/mol. The van der Waals surface area contributed by atoms with Crippen molar-refractivity contribution in [3.05, 3.63) is 34.9 Å². The second-order valence-electron chi connectivity index (χ2n) is 3.45. The summed E-state index contributed by atoms with van der Waals surface area (Å²) < 4.78 is 0. The maximum absolute atomic E-state index is 5.96. The molecular weight excluding hydrogens is 194 g/mol. The van der Waals surface area contributed by atoms with Crippen LogP contribution >= 0.6 is 11.6 Å². The van der Waals surface area contributed by atoms with Crippen molar-refractivity contribution in [3.8, 4) is 0 Å². The van der Waals surface area contributed by atoms with E-state index < -0.39 is 0 Å². The van der Waals surface area contributed by atoms with Gasteiger partial charge in [-0.3, -0.25) is 0 Å². The zero-order chi connectivity index (χ0) is 10.4. The molecule has 1 unspecified atom stereocenters. The van der Waals surface area contributed by atoms with Crippen molar-refractivity contribution in [2.75, 3.05) is 6.54 Å². The highest BCUT2D eigenvalue weighted by atomic mass is 35.5. The molecule has 14 heavy (non-hydrogen) atoms. The van der Waals surface area contributed by atoms with Crippen LogP contribution in [0.15, 0.2) is 24.3 Å². The van der Waals surface area contributed by atoms with Gasteiger partial charge in [-0.1, -0.05) is 44.0 Å². The lowest BCUT2D eigenvalue weighted by Crippen LogP contribution is -2.20.